The number of aromatic nitrogens is 2. The van der Waals surface area contributed by atoms with Gasteiger partial charge >= 0.3 is 0 Å². The van der Waals surface area contributed by atoms with Crippen LogP contribution >= 0.6 is 0 Å². The highest BCUT2D eigenvalue weighted by Gasteiger charge is 2.17. The van der Waals surface area contributed by atoms with Gasteiger partial charge < -0.3 is 0 Å². The van der Waals surface area contributed by atoms with E-state index in [-0.39, 0.29) is 17.3 Å². The molecule has 0 radical (unpaired) electrons. The summed E-state index contributed by atoms with van der Waals surface area (Å²) in [4.78, 5) is 25.1. The van der Waals surface area contributed by atoms with Gasteiger partial charge in [-0.25, -0.2) is 10.1 Å². The van der Waals surface area contributed by atoms with Gasteiger partial charge in [-0.15, -0.1) is 0 Å². The van der Waals surface area contributed by atoms with Crippen molar-refractivity contribution >= 4 is 22.9 Å². The number of carbonyl (C=O) groups excluding carboxylic acids is 1. The molecule has 7 heteroatoms. The molecule has 134 valence electrons. The van der Waals surface area contributed by atoms with Crippen LogP contribution in [0.5, 0.6) is 0 Å². The van der Waals surface area contributed by atoms with Gasteiger partial charge in [0.25, 0.3) is 11.5 Å². The number of benzene rings is 2. The predicted molar refractivity (Wildman–Crippen MR) is 103 cm³/mol. The van der Waals surface area contributed by atoms with Crippen molar-refractivity contribution in [3.05, 3.63) is 75.7 Å². The molecule has 0 aliphatic carbocycles. The third kappa shape index (κ3) is 3.75. The molecule has 1 aromatic heterocycles. The van der Waals surface area contributed by atoms with Crippen molar-refractivity contribution in [2.45, 2.75) is 19.9 Å². The van der Waals surface area contributed by atoms with Crippen LogP contribution in [0.15, 0.2) is 58.4 Å². The minimum atomic E-state index is -0.509. The monoisotopic (exact) mass is 359 g/mol. The third-order valence-electron chi connectivity index (χ3n) is 3.95. The molecule has 1 N–H and O–H groups in total. The quantitative estimate of drug-likeness (QED) is 0.571. The first-order valence-corrected chi connectivity index (χ1v) is 8.36. The van der Waals surface area contributed by atoms with E-state index in [0.29, 0.717) is 16.3 Å². The zero-order valence-corrected chi connectivity index (χ0v) is 14.9. The topological polar surface area (TPSA) is 100 Å². The second kappa shape index (κ2) is 7.62. The van der Waals surface area contributed by atoms with Crippen LogP contribution in [-0.2, 0) is 0 Å². The molecule has 0 fully saturated rings. The lowest BCUT2D eigenvalue weighted by Crippen LogP contribution is -2.30. The number of hydrazone groups is 1. The van der Waals surface area contributed by atoms with Crippen LogP contribution in [0, 0.1) is 11.3 Å². The maximum atomic E-state index is 12.6. The lowest BCUT2D eigenvalue weighted by Gasteiger charge is -2.12. The van der Waals surface area contributed by atoms with Crippen LogP contribution in [0.3, 0.4) is 0 Å². The van der Waals surface area contributed by atoms with E-state index in [2.05, 4.69) is 15.6 Å². The van der Waals surface area contributed by atoms with E-state index in [1.807, 2.05) is 19.9 Å². The summed E-state index contributed by atoms with van der Waals surface area (Å²) in [5.41, 5.74) is 3.62. The number of carbonyl (C=O) groups is 1. The van der Waals surface area contributed by atoms with Crippen LogP contribution in [0.2, 0.25) is 0 Å². The number of hydrogen-bond donors (Lipinski definition) is 1. The number of fused-ring (bicyclic) bond motifs is 1. The fourth-order valence-electron chi connectivity index (χ4n) is 2.59. The smallest absolute Gasteiger partial charge is 0.267 e. The van der Waals surface area contributed by atoms with Crippen molar-refractivity contribution in [1.82, 2.24) is 15.2 Å². The molecule has 3 rings (SSSR count). The number of nitrogens with one attached hydrogen (secondary N) is 1. The Morgan fingerprint density at radius 3 is 2.48 bits per heavy atom. The van der Waals surface area contributed by atoms with Gasteiger partial charge in [0.2, 0.25) is 0 Å². The van der Waals surface area contributed by atoms with Gasteiger partial charge in [-0.1, -0.05) is 30.3 Å². The molecule has 2 aromatic carbocycles. The Kier molecular flexibility index (Phi) is 5.08. The van der Waals surface area contributed by atoms with Gasteiger partial charge in [0, 0.05) is 5.39 Å². The Morgan fingerprint density at radius 1 is 1.19 bits per heavy atom. The molecule has 27 heavy (non-hydrogen) atoms. The Morgan fingerprint density at radius 2 is 1.85 bits per heavy atom. The molecular weight excluding hydrogens is 342 g/mol. The minimum Gasteiger partial charge on any atom is -0.267 e. The average molecular weight is 359 g/mol. The maximum Gasteiger partial charge on any atom is 0.292 e. The summed E-state index contributed by atoms with van der Waals surface area (Å²) in [6.07, 6.45) is 1.47. The number of nitrogens with zero attached hydrogens (tertiary/aromatic N) is 4. The lowest BCUT2D eigenvalue weighted by atomic mass is 10.1. The van der Waals surface area contributed by atoms with Crippen molar-refractivity contribution in [2.75, 3.05) is 0 Å². The minimum absolute atomic E-state index is 0.135. The molecule has 3 aromatic rings. The SMILES string of the molecule is CC(C)n1nc(C(=O)NN=Cc2ccc(C#N)cc2)c2ccccc2c1=O. The van der Waals surface area contributed by atoms with E-state index < -0.39 is 5.91 Å². The van der Waals surface area contributed by atoms with E-state index in [4.69, 9.17) is 5.26 Å². The number of rotatable bonds is 4. The normalized spacial score (nSPS) is 11.0. The van der Waals surface area contributed by atoms with E-state index in [1.54, 1.807) is 48.5 Å². The Hall–Kier alpha value is -3.79. The summed E-state index contributed by atoms with van der Waals surface area (Å²) in [7, 11) is 0. The molecule has 0 bridgehead atoms. The summed E-state index contributed by atoms with van der Waals surface area (Å²) in [6, 6.07) is 15.5. The first-order valence-electron chi connectivity index (χ1n) is 8.36. The van der Waals surface area contributed by atoms with Gasteiger partial charge in [0.15, 0.2) is 5.69 Å². The van der Waals surface area contributed by atoms with E-state index in [1.165, 1.54) is 10.9 Å². The lowest BCUT2D eigenvalue weighted by molar-refractivity contribution is 0.0949. The van der Waals surface area contributed by atoms with Gasteiger partial charge in [-0.05, 0) is 37.6 Å². The largest absolute Gasteiger partial charge is 0.292 e. The van der Waals surface area contributed by atoms with Crippen LogP contribution < -0.4 is 11.0 Å². The summed E-state index contributed by atoms with van der Waals surface area (Å²) >= 11 is 0. The fraction of sp³-hybridized carbons (Fsp3) is 0.150. The summed E-state index contributed by atoms with van der Waals surface area (Å²) in [5.74, 6) is -0.509. The second-order valence-electron chi connectivity index (χ2n) is 6.17. The van der Waals surface area contributed by atoms with Gasteiger partial charge in [0.1, 0.15) is 0 Å². The van der Waals surface area contributed by atoms with Crippen LogP contribution in [0.25, 0.3) is 10.8 Å². The molecule has 0 aliphatic rings. The molecule has 0 unspecified atom stereocenters. The molecule has 0 spiro atoms. The standard InChI is InChI=1S/C20H17N5O2/c1-13(2)25-20(27)17-6-4-3-5-16(17)18(24-25)19(26)23-22-12-15-9-7-14(11-21)8-10-15/h3-10,12-13H,1-2H3,(H,23,26). The fourth-order valence-corrected chi connectivity index (χ4v) is 2.59. The van der Waals surface area contributed by atoms with Crippen LogP contribution in [0.4, 0.5) is 0 Å². The second-order valence-corrected chi connectivity index (χ2v) is 6.17. The molecule has 0 atom stereocenters. The molecule has 0 aliphatic heterocycles. The Balaban J connectivity index is 1.91. The molecule has 0 saturated heterocycles. The van der Waals surface area contributed by atoms with E-state index in [9.17, 15) is 9.59 Å². The zero-order valence-electron chi connectivity index (χ0n) is 14.9. The summed E-state index contributed by atoms with van der Waals surface area (Å²) < 4.78 is 1.29. The molecule has 1 heterocycles. The van der Waals surface area contributed by atoms with Crippen LogP contribution in [0.1, 0.15) is 41.5 Å². The van der Waals surface area contributed by atoms with Gasteiger partial charge in [0.05, 0.1) is 29.3 Å². The van der Waals surface area contributed by atoms with Crippen LogP contribution in [-0.4, -0.2) is 21.9 Å². The first-order chi connectivity index (χ1) is 13.0. The van der Waals surface area contributed by atoms with E-state index >= 15 is 0 Å². The Labute approximate surface area is 155 Å². The van der Waals surface area contributed by atoms with Crippen molar-refractivity contribution in [2.24, 2.45) is 5.10 Å². The molecule has 1 amide bonds. The van der Waals surface area contributed by atoms with Crippen molar-refractivity contribution < 1.29 is 4.79 Å². The number of nitriles is 1. The van der Waals surface area contributed by atoms with Crippen molar-refractivity contribution in [3.8, 4) is 6.07 Å². The molecule has 0 saturated carbocycles. The highest BCUT2D eigenvalue weighted by atomic mass is 16.2. The van der Waals surface area contributed by atoms with Gasteiger partial charge in [-0.3, -0.25) is 9.59 Å². The predicted octanol–water partition coefficient (Wildman–Crippen LogP) is 2.61. The summed E-state index contributed by atoms with van der Waals surface area (Å²) in [6.45, 7) is 3.65. The van der Waals surface area contributed by atoms with Crippen molar-refractivity contribution in [3.63, 3.8) is 0 Å². The zero-order chi connectivity index (χ0) is 19.4. The molecule has 7 nitrogen and oxygen atoms in total. The number of hydrogen-bond acceptors (Lipinski definition) is 5. The molecular formula is C20H17N5O2. The van der Waals surface area contributed by atoms with Gasteiger partial charge in [-0.2, -0.15) is 15.5 Å². The highest BCUT2D eigenvalue weighted by molar-refractivity contribution is 6.04. The summed E-state index contributed by atoms with van der Waals surface area (Å²) in [5, 5.41) is 17.9. The van der Waals surface area contributed by atoms with E-state index in [0.717, 1.165) is 5.56 Å². The maximum absolute atomic E-state index is 12.6. The number of amides is 1. The third-order valence-corrected chi connectivity index (χ3v) is 3.95. The first kappa shape index (κ1) is 18.0. The average Bonchev–Trinajstić information content (AvgIpc) is 2.68. The Bertz CT molecular complexity index is 1120. The highest BCUT2D eigenvalue weighted by Crippen LogP contribution is 2.14. The van der Waals surface area contributed by atoms with Crippen molar-refractivity contribution in [1.29, 1.82) is 5.26 Å².